The van der Waals surface area contributed by atoms with Crippen LogP contribution in [0.5, 0.6) is 0 Å². The van der Waals surface area contributed by atoms with Crippen molar-refractivity contribution in [1.82, 2.24) is 19.7 Å². The van der Waals surface area contributed by atoms with Gasteiger partial charge in [-0.05, 0) is 30.4 Å². The Kier molecular flexibility index (Phi) is 5.55. The molecule has 0 radical (unpaired) electrons. The highest BCUT2D eigenvalue weighted by Crippen LogP contribution is 2.34. The van der Waals surface area contributed by atoms with Crippen molar-refractivity contribution in [2.24, 2.45) is 13.0 Å². The maximum atomic E-state index is 8.59. The van der Waals surface area contributed by atoms with Crippen LogP contribution in [0.3, 0.4) is 0 Å². The lowest BCUT2D eigenvalue weighted by atomic mass is 9.97. The van der Waals surface area contributed by atoms with Gasteiger partial charge in [0.25, 0.3) is 0 Å². The molecule has 0 atom stereocenters. The number of nitrogens with zero attached hydrogens (tertiary/aromatic N) is 4. The van der Waals surface area contributed by atoms with Gasteiger partial charge in [0.2, 0.25) is 0 Å². The zero-order valence-corrected chi connectivity index (χ0v) is 17.1. The molecule has 0 amide bonds. The first-order chi connectivity index (χ1) is 12.9. The van der Waals surface area contributed by atoms with Crippen molar-refractivity contribution in [3.05, 3.63) is 40.1 Å². The number of aromatic nitrogens is 4. The van der Waals surface area contributed by atoms with E-state index in [9.17, 15) is 0 Å². The normalized spacial score (nSPS) is 11.0. The van der Waals surface area contributed by atoms with Gasteiger partial charge in [-0.15, -0.1) is 11.3 Å². The molecule has 0 aromatic carbocycles. The maximum absolute atomic E-state index is 8.59. The Labute approximate surface area is 163 Å². The summed E-state index contributed by atoms with van der Waals surface area (Å²) in [4.78, 5) is 10.3. The molecule has 3 N–H and O–H groups in total. The Morgan fingerprint density at radius 1 is 1.37 bits per heavy atom. The molecular formula is C19H25N7S. The van der Waals surface area contributed by atoms with Crippen LogP contribution < -0.4 is 10.6 Å². The summed E-state index contributed by atoms with van der Waals surface area (Å²) in [5.74, 6) is 1.49. The lowest BCUT2D eigenvalue weighted by Crippen LogP contribution is -2.16. The molecule has 3 heterocycles. The van der Waals surface area contributed by atoms with Gasteiger partial charge in [-0.3, -0.25) is 4.68 Å². The predicted molar refractivity (Wildman–Crippen MR) is 112 cm³/mol. The van der Waals surface area contributed by atoms with Gasteiger partial charge in [0.05, 0.1) is 17.8 Å². The Balaban J connectivity index is 2.07. The van der Waals surface area contributed by atoms with Crippen molar-refractivity contribution in [2.75, 3.05) is 17.7 Å². The van der Waals surface area contributed by atoms with E-state index in [0.29, 0.717) is 23.9 Å². The minimum absolute atomic E-state index is 0.0844. The lowest BCUT2D eigenvalue weighted by molar-refractivity contribution is 0.747. The smallest absolute Gasteiger partial charge is 0.169 e. The van der Waals surface area contributed by atoms with Crippen molar-refractivity contribution < 1.29 is 0 Å². The topological polar surface area (TPSA) is 91.5 Å². The van der Waals surface area contributed by atoms with Crippen LogP contribution in [0.25, 0.3) is 11.3 Å². The van der Waals surface area contributed by atoms with Crippen LogP contribution in [0.15, 0.2) is 23.8 Å². The number of pyridine rings is 1. The molecule has 3 aromatic rings. The summed E-state index contributed by atoms with van der Waals surface area (Å²) < 4.78 is 1.68. The third kappa shape index (κ3) is 4.00. The second-order valence-electron chi connectivity index (χ2n) is 6.68. The molecular weight excluding hydrogens is 358 g/mol. The monoisotopic (exact) mass is 383 g/mol. The number of anilines is 2. The summed E-state index contributed by atoms with van der Waals surface area (Å²) in [7, 11) is 3.69. The summed E-state index contributed by atoms with van der Waals surface area (Å²) in [6, 6.07) is 4.10. The number of aryl methyl sites for hydroxylation is 2. The van der Waals surface area contributed by atoms with Gasteiger partial charge in [-0.25, -0.2) is 9.97 Å². The average molecular weight is 384 g/mol. The molecule has 0 aliphatic heterocycles. The van der Waals surface area contributed by atoms with Gasteiger partial charge in [-0.2, -0.15) is 5.10 Å². The Morgan fingerprint density at radius 2 is 2.15 bits per heavy atom. The predicted octanol–water partition coefficient (Wildman–Crippen LogP) is 3.92. The van der Waals surface area contributed by atoms with Gasteiger partial charge in [0, 0.05) is 35.9 Å². The largest absolute Gasteiger partial charge is 0.377 e. The average Bonchev–Trinajstić information content (AvgIpc) is 3.26. The molecule has 7 nitrogen and oxygen atoms in total. The van der Waals surface area contributed by atoms with Crippen molar-refractivity contribution in [2.45, 2.75) is 27.3 Å². The Bertz CT molecular complexity index is 955. The number of thiophene rings is 1. The van der Waals surface area contributed by atoms with Crippen LogP contribution in [-0.4, -0.2) is 32.5 Å². The molecule has 0 saturated carbocycles. The van der Waals surface area contributed by atoms with E-state index in [1.165, 1.54) is 4.88 Å². The van der Waals surface area contributed by atoms with Gasteiger partial charge >= 0.3 is 0 Å². The molecule has 0 saturated heterocycles. The van der Waals surface area contributed by atoms with Crippen molar-refractivity contribution >= 4 is 28.6 Å². The van der Waals surface area contributed by atoms with E-state index in [-0.39, 0.29) is 5.92 Å². The van der Waals surface area contributed by atoms with E-state index in [4.69, 9.17) is 10.4 Å². The van der Waals surface area contributed by atoms with Gasteiger partial charge in [-0.1, -0.05) is 13.8 Å². The summed E-state index contributed by atoms with van der Waals surface area (Å²) in [5.41, 5.74) is 4.19. The molecule has 3 rings (SSSR count). The molecule has 3 aromatic heterocycles. The first kappa shape index (κ1) is 19.0. The molecule has 0 aliphatic carbocycles. The number of rotatable bonds is 7. The summed E-state index contributed by atoms with van der Waals surface area (Å²) in [6.45, 7) is 6.61. The van der Waals surface area contributed by atoms with E-state index in [2.05, 4.69) is 39.1 Å². The van der Waals surface area contributed by atoms with E-state index >= 15 is 0 Å². The first-order valence-corrected chi connectivity index (χ1v) is 9.73. The summed E-state index contributed by atoms with van der Waals surface area (Å²) in [6.07, 6.45) is 1.68. The highest BCUT2D eigenvalue weighted by Gasteiger charge is 2.20. The quantitative estimate of drug-likeness (QED) is 0.538. The van der Waals surface area contributed by atoms with Crippen molar-refractivity contribution in [3.63, 3.8) is 0 Å². The Hall–Kier alpha value is -2.74. The second kappa shape index (κ2) is 7.87. The van der Waals surface area contributed by atoms with E-state index < -0.39 is 0 Å². The van der Waals surface area contributed by atoms with Crippen LogP contribution in [0.4, 0.5) is 11.5 Å². The van der Waals surface area contributed by atoms with Crippen LogP contribution in [0, 0.1) is 18.3 Å². The van der Waals surface area contributed by atoms with E-state index in [1.807, 2.05) is 34.0 Å². The molecule has 27 heavy (non-hydrogen) atoms. The van der Waals surface area contributed by atoms with Gasteiger partial charge < -0.3 is 16.0 Å². The molecule has 0 fully saturated rings. The molecule has 142 valence electrons. The zero-order valence-electron chi connectivity index (χ0n) is 16.3. The number of nitrogens with one attached hydrogen (secondary N) is 3. The second-order valence-corrected chi connectivity index (χ2v) is 7.80. The molecule has 0 unspecified atom stereocenters. The van der Waals surface area contributed by atoms with Crippen molar-refractivity contribution in [3.8, 4) is 11.3 Å². The highest BCUT2D eigenvalue weighted by molar-refractivity contribution is 7.10. The summed E-state index contributed by atoms with van der Waals surface area (Å²) >= 11 is 1.70. The fourth-order valence-electron chi connectivity index (χ4n) is 2.85. The van der Waals surface area contributed by atoms with Crippen LogP contribution >= 0.6 is 11.3 Å². The summed E-state index contributed by atoms with van der Waals surface area (Å²) in [5, 5.41) is 21.6. The highest BCUT2D eigenvalue weighted by atomic mass is 32.1. The van der Waals surface area contributed by atoms with Crippen molar-refractivity contribution in [1.29, 1.82) is 5.41 Å². The van der Waals surface area contributed by atoms with E-state index in [0.717, 1.165) is 22.5 Å². The fraction of sp³-hybridized carbons (Fsp3) is 0.368. The third-order valence-electron chi connectivity index (χ3n) is 4.32. The number of hydrogen-bond donors (Lipinski definition) is 3. The van der Waals surface area contributed by atoms with Crippen LogP contribution in [0.1, 0.15) is 30.1 Å². The van der Waals surface area contributed by atoms with E-state index in [1.54, 1.807) is 22.3 Å². The third-order valence-corrected chi connectivity index (χ3v) is 5.17. The fourth-order valence-corrected chi connectivity index (χ4v) is 3.56. The van der Waals surface area contributed by atoms with Gasteiger partial charge in [0.1, 0.15) is 12.1 Å². The first-order valence-electron chi connectivity index (χ1n) is 8.85. The minimum atomic E-state index is 0.0844. The minimum Gasteiger partial charge on any atom is -0.377 e. The molecule has 0 bridgehead atoms. The Morgan fingerprint density at radius 3 is 2.70 bits per heavy atom. The molecule has 0 aliphatic rings. The van der Waals surface area contributed by atoms with Gasteiger partial charge in [0.15, 0.2) is 5.82 Å². The van der Waals surface area contributed by atoms with Crippen LogP contribution in [0.2, 0.25) is 0 Å². The lowest BCUT2D eigenvalue weighted by Gasteiger charge is -2.19. The SMILES string of the molecule is CNc1nc(-c2ccsc2C)cc(NCc2ncn(C)n2)c1C(=N)C(C)C. The number of hydrogen-bond acceptors (Lipinski definition) is 7. The standard InChI is InChI=1S/C19H25N7S/c1-11(2)18(20)17-15(22-9-16-23-10-26(5)25-16)8-14(24-19(17)21-4)13-6-7-27-12(13)3/h6-8,10-11,20H,9H2,1-5H3,(H2,21,22,24). The zero-order chi connectivity index (χ0) is 19.6. The maximum Gasteiger partial charge on any atom is 0.169 e. The molecule has 0 spiro atoms. The molecule has 8 heteroatoms. The van der Waals surface area contributed by atoms with Crippen LogP contribution in [-0.2, 0) is 13.6 Å².